The monoisotopic (exact) mass is 351 g/mol. The van der Waals surface area contributed by atoms with Gasteiger partial charge in [-0.3, -0.25) is 9.69 Å². The summed E-state index contributed by atoms with van der Waals surface area (Å²) >= 11 is 0. The van der Waals surface area contributed by atoms with E-state index in [2.05, 4.69) is 23.1 Å². The molecule has 4 nitrogen and oxygen atoms in total. The first-order chi connectivity index (χ1) is 12.7. The van der Waals surface area contributed by atoms with Crippen LogP contribution in [0.5, 0.6) is 5.75 Å². The van der Waals surface area contributed by atoms with Crippen LogP contribution in [0.25, 0.3) is 5.57 Å². The van der Waals surface area contributed by atoms with Crippen molar-refractivity contribution in [2.24, 2.45) is 0 Å². The SMILES string of the molecule is O=C1C=CC=C(c2ccc3c(c2)COC2(CCN(C4CCC4)CC2)O3)C1. The van der Waals surface area contributed by atoms with E-state index in [1.165, 1.54) is 19.3 Å². The number of hydrogen-bond acceptors (Lipinski definition) is 4. The maximum Gasteiger partial charge on any atom is 0.213 e. The van der Waals surface area contributed by atoms with Crippen LogP contribution in [0.1, 0.15) is 49.7 Å². The van der Waals surface area contributed by atoms with E-state index < -0.39 is 5.79 Å². The Labute approximate surface area is 154 Å². The molecule has 5 rings (SSSR count). The molecular weight excluding hydrogens is 326 g/mol. The Balaban J connectivity index is 1.30. The van der Waals surface area contributed by atoms with Gasteiger partial charge in [-0.05, 0) is 42.2 Å². The Morgan fingerprint density at radius 1 is 1.15 bits per heavy atom. The molecule has 1 saturated carbocycles. The van der Waals surface area contributed by atoms with E-state index in [0.717, 1.165) is 54.4 Å². The third kappa shape index (κ3) is 2.91. The van der Waals surface area contributed by atoms with Crippen LogP contribution in [-0.2, 0) is 16.1 Å². The van der Waals surface area contributed by atoms with Crippen molar-refractivity contribution in [2.45, 2.75) is 57.0 Å². The number of ketones is 1. The van der Waals surface area contributed by atoms with Crippen LogP contribution in [0.3, 0.4) is 0 Å². The number of hydrogen-bond donors (Lipinski definition) is 0. The van der Waals surface area contributed by atoms with Crippen molar-refractivity contribution in [2.75, 3.05) is 13.1 Å². The van der Waals surface area contributed by atoms with Crippen molar-refractivity contribution in [1.82, 2.24) is 4.90 Å². The minimum absolute atomic E-state index is 0.157. The Morgan fingerprint density at radius 2 is 2.00 bits per heavy atom. The fourth-order valence-electron chi connectivity index (χ4n) is 4.43. The first kappa shape index (κ1) is 16.3. The van der Waals surface area contributed by atoms with Crippen LogP contribution in [0.4, 0.5) is 0 Å². The molecule has 2 fully saturated rings. The molecule has 0 bridgehead atoms. The highest BCUT2D eigenvalue weighted by atomic mass is 16.7. The normalized spacial score (nSPS) is 25.4. The second kappa shape index (κ2) is 6.36. The van der Waals surface area contributed by atoms with Gasteiger partial charge in [-0.25, -0.2) is 0 Å². The smallest absolute Gasteiger partial charge is 0.213 e. The van der Waals surface area contributed by atoms with Crippen LogP contribution in [0.15, 0.2) is 36.4 Å². The molecule has 0 atom stereocenters. The number of carbonyl (C=O) groups is 1. The summed E-state index contributed by atoms with van der Waals surface area (Å²) in [6, 6.07) is 7.03. The fourth-order valence-corrected chi connectivity index (χ4v) is 4.43. The predicted octanol–water partition coefficient (Wildman–Crippen LogP) is 3.85. The molecule has 1 spiro atoms. The van der Waals surface area contributed by atoms with Gasteiger partial charge in [-0.15, -0.1) is 0 Å². The molecule has 1 saturated heterocycles. The van der Waals surface area contributed by atoms with Crippen molar-refractivity contribution >= 4 is 11.4 Å². The Bertz CT molecular complexity index is 783. The lowest BCUT2D eigenvalue weighted by Crippen LogP contribution is -2.54. The van der Waals surface area contributed by atoms with Gasteiger partial charge in [0.1, 0.15) is 5.75 Å². The van der Waals surface area contributed by atoms with Gasteiger partial charge in [0.2, 0.25) is 5.79 Å². The lowest BCUT2D eigenvalue weighted by molar-refractivity contribution is -0.231. The third-order valence-electron chi connectivity index (χ3n) is 6.31. The van der Waals surface area contributed by atoms with E-state index >= 15 is 0 Å². The number of nitrogens with zero attached hydrogens (tertiary/aromatic N) is 1. The summed E-state index contributed by atoms with van der Waals surface area (Å²) in [6.45, 7) is 2.72. The molecule has 4 aliphatic rings. The molecule has 2 aliphatic heterocycles. The maximum absolute atomic E-state index is 11.7. The van der Waals surface area contributed by atoms with Crippen LogP contribution in [-0.4, -0.2) is 35.6 Å². The zero-order valence-corrected chi connectivity index (χ0v) is 15.1. The first-order valence-electron chi connectivity index (χ1n) is 9.81. The quantitative estimate of drug-likeness (QED) is 0.811. The second-order valence-corrected chi connectivity index (χ2v) is 7.94. The predicted molar refractivity (Wildman–Crippen MR) is 99.8 cm³/mol. The van der Waals surface area contributed by atoms with Gasteiger partial charge in [-0.2, -0.15) is 0 Å². The van der Waals surface area contributed by atoms with Crippen LogP contribution < -0.4 is 4.74 Å². The number of ether oxygens (including phenoxy) is 2. The van der Waals surface area contributed by atoms with E-state index in [9.17, 15) is 4.79 Å². The highest BCUT2D eigenvalue weighted by molar-refractivity contribution is 6.00. The molecule has 4 heteroatoms. The summed E-state index contributed by atoms with van der Waals surface area (Å²) in [5, 5.41) is 0. The molecular formula is C22H25NO3. The standard InChI is InChI=1S/C22H25NO3/c24-20-6-1-3-16(14-20)17-7-8-21-18(13-17)15-25-22(26-21)9-11-23(12-10-22)19-4-2-5-19/h1,3,6-8,13,19H,2,4-5,9-12,14-15H2. The minimum atomic E-state index is -0.447. The summed E-state index contributed by atoms with van der Waals surface area (Å²) in [6.07, 6.45) is 11.9. The Morgan fingerprint density at radius 3 is 2.73 bits per heavy atom. The van der Waals surface area contributed by atoms with Gasteiger partial charge in [0.25, 0.3) is 0 Å². The number of carbonyl (C=O) groups excluding carboxylic acids is 1. The Hall–Kier alpha value is -1.91. The summed E-state index contributed by atoms with van der Waals surface area (Å²) < 4.78 is 12.6. The van der Waals surface area contributed by atoms with Crippen LogP contribution >= 0.6 is 0 Å². The van der Waals surface area contributed by atoms with Crippen molar-refractivity contribution in [3.05, 3.63) is 47.6 Å². The maximum atomic E-state index is 11.7. The second-order valence-electron chi connectivity index (χ2n) is 7.94. The Kier molecular flexibility index (Phi) is 3.98. The van der Waals surface area contributed by atoms with Crippen LogP contribution in [0, 0.1) is 0 Å². The van der Waals surface area contributed by atoms with Gasteiger partial charge in [0.05, 0.1) is 6.61 Å². The zero-order chi connectivity index (χ0) is 17.6. The van der Waals surface area contributed by atoms with E-state index in [0.29, 0.717) is 13.0 Å². The van der Waals surface area contributed by atoms with Gasteiger partial charge < -0.3 is 9.47 Å². The summed E-state index contributed by atoms with van der Waals surface area (Å²) in [7, 11) is 0. The zero-order valence-electron chi connectivity index (χ0n) is 15.1. The largest absolute Gasteiger partial charge is 0.462 e. The van der Waals surface area contributed by atoms with E-state index in [1.54, 1.807) is 6.08 Å². The lowest BCUT2D eigenvalue weighted by Gasteiger charge is -2.47. The number of fused-ring (bicyclic) bond motifs is 1. The van der Waals surface area contributed by atoms with Gasteiger partial charge in [-0.1, -0.05) is 24.6 Å². The number of allylic oxidation sites excluding steroid dienone is 4. The topological polar surface area (TPSA) is 38.8 Å². The number of benzene rings is 1. The molecule has 1 aromatic carbocycles. The summed E-state index contributed by atoms with van der Waals surface area (Å²) in [4.78, 5) is 14.3. The van der Waals surface area contributed by atoms with E-state index in [-0.39, 0.29) is 5.78 Å². The lowest BCUT2D eigenvalue weighted by atomic mass is 9.89. The average molecular weight is 351 g/mol. The number of piperidine rings is 1. The molecule has 0 aromatic heterocycles. The molecule has 2 aliphatic carbocycles. The van der Waals surface area contributed by atoms with Crippen molar-refractivity contribution in [3.8, 4) is 5.75 Å². The highest BCUT2D eigenvalue weighted by Gasteiger charge is 2.42. The third-order valence-corrected chi connectivity index (χ3v) is 6.31. The molecule has 1 aromatic rings. The van der Waals surface area contributed by atoms with Gasteiger partial charge in [0.15, 0.2) is 5.78 Å². The van der Waals surface area contributed by atoms with E-state index in [1.807, 2.05) is 12.2 Å². The van der Waals surface area contributed by atoms with Crippen molar-refractivity contribution in [1.29, 1.82) is 0 Å². The van der Waals surface area contributed by atoms with Crippen molar-refractivity contribution in [3.63, 3.8) is 0 Å². The van der Waals surface area contributed by atoms with Crippen LogP contribution in [0.2, 0.25) is 0 Å². The van der Waals surface area contributed by atoms with E-state index in [4.69, 9.17) is 9.47 Å². The molecule has 136 valence electrons. The molecule has 0 radical (unpaired) electrons. The molecule has 0 N–H and O–H groups in total. The molecule has 2 heterocycles. The van der Waals surface area contributed by atoms with Gasteiger partial charge >= 0.3 is 0 Å². The molecule has 0 unspecified atom stereocenters. The molecule has 26 heavy (non-hydrogen) atoms. The first-order valence-corrected chi connectivity index (χ1v) is 9.81. The molecule has 0 amide bonds. The van der Waals surface area contributed by atoms with Crippen molar-refractivity contribution < 1.29 is 14.3 Å². The minimum Gasteiger partial charge on any atom is -0.462 e. The number of rotatable bonds is 2. The fraction of sp³-hybridized carbons (Fsp3) is 0.500. The number of likely N-dealkylation sites (tertiary alicyclic amines) is 1. The van der Waals surface area contributed by atoms with Gasteiger partial charge in [0, 0.05) is 44.0 Å². The summed E-state index contributed by atoms with van der Waals surface area (Å²) in [5.74, 6) is 0.651. The average Bonchev–Trinajstić information content (AvgIpc) is 2.62. The summed E-state index contributed by atoms with van der Waals surface area (Å²) in [5.41, 5.74) is 3.23. The highest BCUT2D eigenvalue weighted by Crippen LogP contribution is 2.40.